The summed E-state index contributed by atoms with van der Waals surface area (Å²) in [5.74, 6) is 2.67. The van der Waals surface area contributed by atoms with Gasteiger partial charge in [0.1, 0.15) is 12.4 Å². The van der Waals surface area contributed by atoms with E-state index in [9.17, 15) is 4.79 Å². The second kappa shape index (κ2) is 12.1. The van der Waals surface area contributed by atoms with Crippen LogP contribution in [0.3, 0.4) is 0 Å². The predicted octanol–water partition coefficient (Wildman–Crippen LogP) is 4.65. The van der Waals surface area contributed by atoms with E-state index in [1.165, 1.54) is 23.0 Å². The van der Waals surface area contributed by atoms with Gasteiger partial charge in [0.05, 0.1) is 5.75 Å². The molecular formula is C27H35N5O2S. The summed E-state index contributed by atoms with van der Waals surface area (Å²) in [6, 6.07) is 18.3. The summed E-state index contributed by atoms with van der Waals surface area (Å²) in [6.45, 7) is 10.9. The van der Waals surface area contributed by atoms with Crippen LogP contribution in [0.15, 0.2) is 59.8 Å². The van der Waals surface area contributed by atoms with E-state index >= 15 is 0 Å². The van der Waals surface area contributed by atoms with Gasteiger partial charge in [0.25, 0.3) is 0 Å². The highest BCUT2D eigenvalue weighted by Gasteiger charge is 2.23. The summed E-state index contributed by atoms with van der Waals surface area (Å²) in [5.41, 5.74) is 2.49. The molecule has 1 amide bonds. The number of ether oxygens (including phenoxy) is 1. The van der Waals surface area contributed by atoms with Gasteiger partial charge in [0.2, 0.25) is 5.91 Å². The number of aromatic nitrogens is 3. The molecule has 2 aromatic carbocycles. The molecule has 0 unspecified atom stereocenters. The SMILES string of the molecule is Cc1cccc(N2CCN(C(=O)CSc3nnc(COc4ccccc4)n3CCC(C)C)CC2)c1. The van der Waals surface area contributed by atoms with Gasteiger partial charge in [-0.2, -0.15) is 0 Å². The Bertz CT molecular complexity index is 1090. The fraction of sp³-hybridized carbons (Fsp3) is 0.444. The molecule has 0 bridgehead atoms. The quantitative estimate of drug-likeness (QED) is 0.383. The summed E-state index contributed by atoms with van der Waals surface area (Å²) in [5, 5.41) is 9.57. The molecule has 1 saturated heterocycles. The smallest absolute Gasteiger partial charge is 0.233 e. The monoisotopic (exact) mass is 493 g/mol. The molecule has 8 heteroatoms. The molecule has 2 heterocycles. The van der Waals surface area contributed by atoms with Crippen LogP contribution in [0.25, 0.3) is 0 Å². The van der Waals surface area contributed by atoms with Gasteiger partial charge in [-0.15, -0.1) is 10.2 Å². The first-order valence-corrected chi connectivity index (χ1v) is 13.3. The standard InChI is InChI=1S/C27H35N5O2S/c1-21(2)12-13-32-25(19-34-24-10-5-4-6-11-24)28-29-27(32)35-20-26(33)31-16-14-30(15-17-31)23-9-7-8-22(3)18-23/h4-11,18,21H,12-17,19-20H2,1-3H3. The Hall–Kier alpha value is -3.00. The minimum Gasteiger partial charge on any atom is -0.486 e. The Morgan fingerprint density at radius 1 is 1.03 bits per heavy atom. The molecule has 0 aliphatic carbocycles. The zero-order valence-corrected chi connectivity index (χ0v) is 21.7. The Kier molecular flexibility index (Phi) is 8.69. The first kappa shape index (κ1) is 25.1. The molecule has 0 atom stereocenters. The van der Waals surface area contributed by atoms with Crippen molar-refractivity contribution in [2.24, 2.45) is 5.92 Å². The molecule has 0 radical (unpaired) electrons. The molecule has 7 nitrogen and oxygen atoms in total. The van der Waals surface area contributed by atoms with Crippen LogP contribution < -0.4 is 9.64 Å². The fourth-order valence-corrected chi connectivity index (χ4v) is 4.95. The van der Waals surface area contributed by atoms with Crippen LogP contribution in [0.1, 0.15) is 31.7 Å². The number of aryl methyl sites for hydroxylation is 1. The highest BCUT2D eigenvalue weighted by Crippen LogP contribution is 2.22. The summed E-state index contributed by atoms with van der Waals surface area (Å²) >= 11 is 1.47. The van der Waals surface area contributed by atoms with Gasteiger partial charge in [-0.05, 0) is 49.1 Å². The van der Waals surface area contributed by atoms with E-state index < -0.39 is 0 Å². The molecule has 35 heavy (non-hydrogen) atoms. The number of amides is 1. The molecule has 3 aromatic rings. The minimum absolute atomic E-state index is 0.152. The van der Waals surface area contributed by atoms with Crippen LogP contribution in [-0.2, 0) is 17.9 Å². The first-order valence-electron chi connectivity index (χ1n) is 12.3. The third-order valence-electron chi connectivity index (χ3n) is 6.16. The van der Waals surface area contributed by atoms with Gasteiger partial charge in [-0.1, -0.05) is 55.9 Å². The number of para-hydroxylation sites is 1. The maximum atomic E-state index is 13.0. The van der Waals surface area contributed by atoms with E-state index in [0.29, 0.717) is 18.3 Å². The number of piperazine rings is 1. The molecule has 1 aromatic heterocycles. The average molecular weight is 494 g/mol. The lowest BCUT2D eigenvalue weighted by Crippen LogP contribution is -2.49. The van der Waals surface area contributed by atoms with Crippen molar-refractivity contribution < 1.29 is 9.53 Å². The summed E-state index contributed by atoms with van der Waals surface area (Å²) in [6.07, 6.45) is 1.01. The van der Waals surface area contributed by atoms with E-state index in [0.717, 1.165) is 55.9 Å². The maximum absolute atomic E-state index is 13.0. The van der Waals surface area contributed by atoms with Crippen LogP contribution >= 0.6 is 11.8 Å². The van der Waals surface area contributed by atoms with Crippen LogP contribution in [-0.4, -0.2) is 57.5 Å². The summed E-state index contributed by atoms with van der Waals surface area (Å²) in [7, 11) is 0. The number of carbonyl (C=O) groups excluding carboxylic acids is 1. The van der Waals surface area contributed by atoms with Gasteiger partial charge in [0, 0.05) is 38.4 Å². The molecule has 4 rings (SSSR count). The van der Waals surface area contributed by atoms with Gasteiger partial charge < -0.3 is 19.1 Å². The van der Waals surface area contributed by atoms with E-state index in [4.69, 9.17) is 4.74 Å². The lowest BCUT2D eigenvalue weighted by Gasteiger charge is -2.36. The van der Waals surface area contributed by atoms with Crippen LogP contribution in [0, 0.1) is 12.8 Å². The Labute approximate surface area is 212 Å². The van der Waals surface area contributed by atoms with E-state index in [1.54, 1.807) is 0 Å². The Morgan fingerprint density at radius 2 is 1.80 bits per heavy atom. The van der Waals surface area contributed by atoms with E-state index in [-0.39, 0.29) is 5.91 Å². The highest BCUT2D eigenvalue weighted by atomic mass is 32.2. The third-order valence-corrected chi connectivity index (χ3v) is 7.11. The van der Waals surface area contributed by atoms with Crippen LogP contribution in [0.4, 0.5) is 5.69 Å². The number of nitrogens with zero attached hydrogens (tertiary/aromatic N) is 5. The number of rotatable bonds is 10. The van der Waals surface area contributed by atoms with Gasteiger partial charge >= 0.3 is 0 Å². The normalized spacial score (nSPS) is 13.9. The van der Waals surface area contributed by atoms with Crippen molar-refractivity contribution in [2.45, 2.75) is 45.5 Å². The molecular weight excluding hydrogens is 458 g/mol. The van der Waals surface area contributed by atoms with Crippen molar-refractivity contribution in [3.05, 3.63) is 66.0 Å². The van der Waals surface area contributed by atoms with Crippen molar-refractivity contribution in [2.75, 3.05) is 36.8 Å². The van der Waals surface area contributed by atoms with Crippen molar-refractivity contribution in [3.63, 3.8) is 0 Å². The predicted molar refractivity (Wildman–Crippen MR) is 141 cm³/mol. The van der Waals surface area contributed by atoms with E-state index in [1.807, 2.05) is 35.2 Å². The number of carbonyl (C=O) groups is 1. The number of hydrogen-bond donors (Lipinski definition) is 0. The third kappa shape index (κ3) is 7.01. The molecule has 186 valence electrons. The summed E-state index contributed by atoms with van der Waals surface area (Å²) < 4.78 is 8.02. The summed E-state index contributed by atoms with van der Waals surface area (Å²) in [4.78, 5) is 17.3. The second-order valence-electron chi connectivity index (χ2n) is 9.33. The lowest BCUT2D eigenvalue weighted by molar-refractivity contribution is -0.128. The van der Waals surface area contributed by atoms with Crippen LogP contribution in [0.5, 0.6) is 5.75 Å². The number of hydrogen-bond acceptors (Lipinski definition) is 6. The van der Waals surface area contributed by atoms with Gasteiger partial charge in [0.15, 0.2) is 11.0 Å². The molecule has 1 aliphatic heterocycles. The van der Waals surface area contributed by atoms with Crippen molar-refractivity contribution >= 4 is 23.4 Å². The Morgan fingerprint density at radius 3 is 2.51 bits per heavy atom. The molecule has 1 aliphatic rings. The molecule has 0 spiro atoms. The Balaban J connectivity index is 1.33. The lowest BCUT2D eigenvalue weighted by atomic mass is 10.1. The van der Waals surface area contributed by atoms with Crippen LogP contribution in [0.2, 0.25) is 0 Å². The molecule has 0 N–H and O–H groups in total. The van der Waals surface area contributed by atoms with E-state index in [2.05, 4.69) is 64.7 Å². The zero-order valence-electron chi connectivity index (χ0n) is 20.9. The average Bonchev–Trinajstić information content (AvgIpc) is 3.27. The fourth-order valence-electron chi connectivity index (χ4n) is 4.07. The van der Waals surface area contributed by atoms with Gasteiger partial charge in [-0.3, -0.25) is 4.79 Å². The molecule has 1 fully saturated rings. The highest BCUT2D eigenvalue weighted by molar-refractivity contribution is 7.99. The molecule has 0 saturated carbocycles. The minimum atomic E-state index is 0.152. The van der Waals surface area contributed by atoms with Gasteiger partial charge in [-0.25, -0.2) is 0 Å². The topological polar surface area (TPSA) is 63.5 Å². The van der Waals surface area contributed by atoms with Crippen molar-refractivity contribution in [1.29, 1.82) is 0 Å². The largest absolute Gasteiger partial charge is 0.486 e. The zero-order chi connectivity index (χ0) is 24.6. The van der Waals surface area contributed by atoms with Crippen molar-refractivity contribution in [1.82, 2.24) is 19.7 Å². The number of anilines is 1. The second-order valence-corrected chi connectivity index (χ2v) is 10.3. The first-order chi connectivity index (χ1) is 17.0. The number of benzene rings is 2. The van der Waals surface area contributed by atoms with Crippen molar-refractivity contribution in [3.8, 4) is 5.75 Å². The number of thioether (sulfide) groups is 1. The maximum Gasteiger partial charge on any atom is 0.233 e.